The van der Waals surface area contributed by atoms with Crippen molar-refractivity contribution < 1.29 is 18.3 Å². The Morgan fingerprint density at radius 2 is 1.86 bits per heavy atom. The number of nitriles is 1. The van der Waals surface area contributed by atoms with Gasteiger partial charge in [-0.3, -0.25) is 0 Å². The van der Waals surface area contributed by atoms with Gasteiger partial charge < -0.3 is 5.11 Å². The first-order chi connectivity index (χ1) is 9.82. The van der Waals surface area contributed by atoms with Crippen molar-refractivity contribution in [1.29, 1.82) is 5.26 Å². The second kappa shape index (κ2) is 4.92. The number of hydrogen-bond acceptors (Lipinski definition) is 3. The molecule has 2 saturated heterocycles. The molecule has 0 amide bonds. The lowest BCUT2D eigenvalue weighted by Gasteiger charge is -2.36. The van der Waals surface area contributed by atoms with Crippen LogP contribution in [0.5, 0.6) is 0 Å². The zero-order valence-corrected chi connectivity index (χ0v) is 12.0. The molecule has 0 saturated carbocycles. The Bertz CT molecular complexity index is 596. The first-order valence-corrected chi connectivity index (χ1v) is 7.76. The van der Waals surface area contributed by atoms with Crippen LogP contribution in [0.25, 0.3) is 0 Å². The van der Waals surface area contributed by atoms with Gasteiger partial charge in [-0.1, -0.05) is 6.07 Å². The topological polar surface area (TPSA) is 44.0 Å². The van der Waals surface area contributed by atoms with Crippen LogP contribution in [0.1, 0.15) is 42.4 Å². The van der Waals surface area contributed by atoms with E-state index in [0.717, 1.165) is 18.9 Å². The van der Waals surface area contributed by atoms with Gasteiger partial charge in [-0.25, -0.2) is 0 Å². The van der Waals surface area contributed by atoms with E-state index in [-0.39, 0.29) is 5.56 Å². The molecule has 0 aromatic heterocycles. The molecule has 2 aliphatic heterocycles. The van der Waals surface area contributed by atoms with E-state index in [0.29, 0.717) is 23.3 Å². The minimum Gasteiger partial charge on any atom is -0.385 e. The maximum absolute atomic E-state index is 13.0. The van der Waals surface area contributed by atoms with Gasteiger partial charge in [0.2, 0.25) is 0 Å². The van der Waals surface area contributed by atoms with Gasteiger partial charge in [-0.15, -0.1) is 0 Å². The van der Waals surface area contributed by atoms with E-state index in [1.54, 1.807) is 6.07 Å². The Morgan fingerprint density at radius 3 is 2.38 bits per heavy atom. The van der Waals surface area contributed by atoms with E-state index in [1.165, 1.54) is 12.1 Å². The standard InChI is InChI=1S/C15H14F3NOS/c16-15(17,18)13-5-10(2-1-9(13)8-19)14(20)6-11-3-4-12(7-14)21-11/h1-2,5,11-12,20H,3-4,6-7H2. The number of hydrogen-bond donors (Lipinski definition) is 1. The average molecular weight is 313 g/mol. The second-order valence-corrected chi connectivity index (χ2v) is 7.37. The molecule has 2 aliphatic rings. The molecule has 1 aromatic rings. The van der Waals surface area contributed by atoms with Crippen LogP contribution >= 0.6 is 11.8 Å². The van der Waals surface area contributed by atoms with Crippen molar-refractivity contribution in [1.82, 2.24) is 0 Å². The molecule has 2 atom stereocenters. The van der Waals surface area contributed by atoms with Gasteiger partial charge in [0.05, 0.1) is 22.8 Å². The summed E-state index contributed by atoms with van der Waals surface area (Å²) in [5.41, 5.74) is -2.28. The summed E-state index contributed by atoms with van der Waals surface area (Å²) in [5.74, 6) is 0. The lowest BCUT2D eigenvalue weighted by Crippen LogP contribution is -2.35. The summed E-state index contributed by atoms with van der Waals surface area (Å²) < 4.78 is 39.1. The molecule has 1 aromatic carbocycles. The van der Waals surface area contributed by atoms with Gasteiger partial charge in [0.25, 0.3) is 0 Å². The SMILES string of the molecule is N#Cc1ccc(C2(O)CC3CCC(C2)S3)cc1C(F)(F)F. The van der Waals surface area contributed by atoms with Crippen LogP contribution in [-0.2, 0) is 11.8 Å². The number of fused-ring (bicyclic) bond motifs is 2. The van der Waals surface area contributed by atoms with Crippen molar-refractivity contribution in [3.63, 3.8) is 0 Å². The second-order valence-electron chi connectivity index (χ2n) is 5.77. The third kappa shape index (κ3) is 2.65. The summed E-state index contributed by atoms with van der Waals surface area (Å²) in [7, 11) is 0. The molecule has 0 spiro atoms. The van der Waals surface area contributed by atoms with Crippen LogP contribution in [0.4, 0.5) is 13.2 Å². The van der Waals surface area contributed by atoms with Gasteiger partial charge in [-0.05, 0) is 43.4 Å². The minimum absolute atomic E-state index is 0.283. The molecule has 2 nitrogen and oxygen atoms in total. The van der Waals surface area contributed by atoms with Crippen LogP contribution in [-0.4, -0.2) is 15.6 Å². The molecule has 2 heterocycles. The zero-order valence-electron chi connectivity index (χ0n) is 11.2. The van der Waals surface area contributed by atoms with E-state index >= 15 is 0 Å². The third-order valence-corrected chi connectivity index (χ3v) is 5.88. The molecule has 0 radical (unpaired) electrons. The molecular formula is C15H14F3NOS. The monoisotopic (exact) mass is 313 g/mol. The highest BCUT2D eigenvalue weighted by Crippen LogP contribution is 2.51. The van der Waals surface area contributed by atoms with E-state index in [4.69, 9.17) is 5.26 Å². The predicted molar refractivity (Wildman–Crippen MR) is 73.7 cm³/mol. The van der Waals surface area contributed by atoms with Crippen LogP contribution in [0, 0.1) is 11.3 Å². The van der Waals surface area contributed by atoms with Crippen molar-refractivity contribution in [3.05, 3.63) is 34.9 Å². The summed E-state index contributed by atoms with van der Waals surface area (Å²) in [6, 6.07) is 5.15. The van der Waals surface area contributed by atoms with Gasteiger partial charge in [-0.2, -0.15) is 30.2 Å². The molecule has 1 N–H and O–H groups in total. The van der Waals surface area contributed by atoms with Crippen LogP contribution in [0.2, 0.25) is 0 Å². The molecule has 112 valence electrons. The number of halogens is 3. The smallest absolute Gasteiger partial charge is 0.385 e. The molecule has 3 rings (SSSR count). The summed E-state index contributed by atoms with van der Waals surface area (Å²) >= 11 is 1.83. The number of rotatable bonds is 1. The molecule has 6 heteroatoms. The molecule has 2 bridgehead atoms. The fraction of sp³-hybridized carbons (Fsp3) is 0.533. The first kappa shape index (κ1) is 14.7. The Kier molecular flexibility index (Phi) is 3.45. The van der Waals surface area contributed by atoms with Crippen LogP contribution in [0.3, 0.4) is 0 Å². The van der Waals surface area contributed by atoms with E-state index in [2.05, 4.69) is 0 Å². The third-order valence-electron chi connectivity index (χ3n) is 4.31. The highest BCUT2D eigenvalue weighted by Gasteiger charge is 2.45. The van der Waals surface area contributed by atoms with Crippen molar-refractivity contribution >= 4 is 11.8 Å². The first-order valence-electron chi connectivity index (χ1n) is 6.81. The summed E-state index contributed by atoms with van der Waals surface area (Å²) in [4.78, 5) is 0. The fourth-order valence-electron chi connectivity index (χ4n) is 3.32. The maximum atomic E-state index is 13.0. The number of thioether (sulfide) groups is 1. The molecule has 21 heavy (non-hydrogen) atoms. The van der Waals surface area contributed by atoms with Crippen molar-refractivity contribution in [2.75, 3.05) is 0 Å². The van der Waals surface area contributed by atoms with Crippen molar-refractivity contribution in [3.8, 4) is 6.07 Å². The van der Waals surface area contributed by atoms with Crippen molar-refractivity contribution in [2.45, 2.75) is 48.0 Å². The van der Waals surface area contributed by atoms with Crippen LogP contribution < -0.4 is 0 Å². The summed E-state index contributed by atoms with van der Waals surface area (Å²) in [6.45, 7) is 0. The largest absolute Gasteiger partial charge is 0.417 e. The number of aliphatic hydroxyl groups is 1. The quantitative estimate of drug-likeness (QED) is 0.857. The van der Waals surface area contributed by atoms with Gasteiger partial charge in [0.15, 0.2) is 0 Å². The Morgan fingerprint density at radius 1 is 1.24 bits per heavy atom. The van der Waals surface area contributed by atoms with E-state index in [9.17, 15) is 18.3 Å². The number of nitrogens with zero attached hydrogens (tertiary/aromatic N) is 1. The zero-order chi connectivity index (χ0) is 15.3. The van der Waals surface area contributed by atoms with Gasteiger partial charge >= 0.3 is 6.18 Å². The molecule has 2 fully saturated rings. The highest BCUT2D eigenvalue weighted by atomic mass is 32.2. The fourth-order valence-corrected chi connectivity index (χ4v) is 5.15. The van der Waals surface area contributed by atoms with Gasteiger partial charge in [0.1, 0.15) is 0 Å². The molecular weight excluding hydrogens is 299 g/mol. The average Bonchev–Trinajstić information content (AvgIpc) is 2.77. The highest BCUT2D eigenvalue weighted by molar-refractivity contribution is 8.00. The van der Waals surface area contributed by atoms with E-state index in [1.807, 2.05) is 11.8 Å². The number of alkyl halides is 3. The number of benzene rings is 1. The van der Waals surface area contributed by atoms with Crippen molar-refractivity contribution in [2.24, 2.45) is 0 Å². The van der Waals surface area contributed by atoms with E-state index < -0.39 is 22.9 Å². The summed E-state index contributed by atoms with van der Waals surface area (Å²) in [6.07, 6.45) is -1.59. The normalized spacial score (nSPS) is 32.0. The Hall–Kier alpha value is -1.19. The lowest BCUT2D eigenvalue weighted by molar-refractivity contribution is -0.138. The Balaban J connectivity index is 2.01. The molecule has 0 aliphatic carbocycles. The Labute approximate surface area is 125 Å². The maximum Gasteiger partial charge on any atom is 0.417 e. The minimum atomic E-state index is -4.58. The molecule has 2 unspecified atom stereocenters. The lowest BCUT2D eigenvalue weighted by atomic mass is 9.84. The predicted octanol–water partition coefficient (Wildman–Crippen LogP) is 3.82. The summed E-state index contributed by atoms with van der Waals surface area (Å²) in [5, 5.41) is 20.3. The van der Waals surface area contributed by atoms with Gasteiger partial charge in [0, 0.05) is 10.5 Å². The van der Waals surface area contributed by atoms with Crippen LogP contribution in [0.15, 0.2) is 18.2 Å².